The largest absolute Gasteiger partial charge is 0.483 e. The molecule has 0 spiro atoms. The third-order valence-electron chi connectivity index (χ3n) is 3.23. The Balaban J connectivity index is 1.68. The maximum atomic E-state index is 11.8. The van der Waals surface area contributed by atoms with Crippen LogP contribution in [0.5, 0.6) is 5.75 Å². The van der Waals surface area contributed by atoms with Gasteiger partial charge in [0.1, 0.15) is 5.75 Å². The molecule has 6 nitrogen and oxygen atoms in total. The molecule has 0 saturated heterocycles. The van der Waals surface area contributed by atoms with Crippen molar-refractivity contribution in [3.63, 3.8) is 0 Å². The summed E-state index contributed by atoms with van der Waals surface area (Å²) in [6.45, 7) is 1.72. The summed E-state index contributed by atoms with van der Waals surface area (Å²) >= 11 is 4.96. The van der Waals surface area contributed by atoms with Gasteiger partial charge in [-0.3, -0.25) is 20.4 Å². The lowest BCUT2D eigenvalue weighted by Crippen LogP contribution is -2.49. The van der Waals surface area contributed by atoms with Gasteiger partial charge in [0.25, 0.3) is 5.91 Å². The van der Waals surface area contributed by atoms with Crippen molar-refractivity contribution in [1.82, 2.24) is 16.2 Å². The van der Waals surface area contributed by atoms with Crippen LogP contribution in [0.2, 0.25) is 0 Å². The summed E-state index contributed by atoms with van der Waals surface area (Å²) in [5.41, 5.74) is 6.65. The van der Waals surface area contributed by atoms with Crippen molar-refractivity contribution in [2.45, 2.75) is 13.3 Å². The van der Waals surface area contributed by atoms with E-state index in [0.29, 0.717) is 5.75 Å². The summed E-state index contributed by atoms with van der Waals surface area (Å²) in [5.74, 6) is -0.0478. The normalized spacial score (nSPS) is 9.80. The van der Waals surface area contributed by atoms with E-state index in [0.717, 1.165) is 11.1 Å². The van der Waals surface area contributed by atoms with Gasteiger partial charge in [0.15, 0.2) is 11.7 Å². The van der Waals surface area contributed by atoms with E-state index >= 15 is 0 Å². The van der Waals surface area contributed by atoms with E-state index in [-0.39, 0.29) is 24.0 Å². The van der Waals surface area contributed by atoms with E-state index < -0.39 is 5.91 Å². The number of hydrogen-bond donors (Lipinski definition) is 3. The molecule has 25 heavy (non-hydrogen) atoms. The summed E-state index contributed by atoms with van der Waals surface area (Å²) in [6, 6.07) is 16.7. The number of nitrogens with one attached hydrogen (secondary N) is 3. The molecule has 2 aromatic rings. The Hall–Kier alpha value is -2.93. The van der Waals surface area contributed by atoms with Crippen molar-refractivity contribution in [2.75, 3.05) is 6.61 Å². The molecule has 2 aromatic carbocycles. The Bertz CT molecular complexity index is 750. The second-order valence-electron chi connectivity index (χ2n) is 5.27. The van der Waals surface area contributed by atoms with Gasteiger partial charge in [-0.1, -0.05) is 48.5 Å². The molecule has 0 unspecified atom stereocenters. The minimum atomic E-state index is -0.414. The first-order chi connectivity index (χ1) is 12.0. The van der Waals surface area contributed by atoms with Gasteiger partial charge in [0.05, 0.1) is 6.42 Å². The first-order valence-electron chi connectivity index (χ1n) is 7.65. The second kappa shape index (κ2) is 9.39. The third-order valence-corrected chi connectivity index (χ3v) is 3.43. The maximum absolute atomic E-state index is 11.8. The van der Waals surface area contributed by atoms with Crippen LogP contribution in [0.3, 0.4) is 0 Å². The molecular weight excluding hydrogens is 338 g/mol. The summed E-state index contributed by atoms with van der Waals surface area (Å²) in [5, 5.41) is 2.51. The Morgan fingerprint density at radius 2 is 1.64 bits per heavy atom. The average molecular weight is 357 g/mol. The van der Waals surface area contributed by atoms with Crippen LogP contribution in [0.15, 0.2) is 54.6 Å². The Labute approximate surface area is 151 Å². The zero-order chi connectivity index (χ0) is 18.1. The minimum Gasteiger partial charge on any atom is -0.483 e. The fourth-order valence-corrected chi connectivity index (χ4v) is 2.17. The molecular formula is C18H19N3O3S. The minimum absolute atomic E-state index is 0.0187. The molecule has 3 N–H and O–H groups in total. The standard InChI is InChI=1S/C18H19N3O3S/c1-13-7-5-6-10-15(13)24-12-17(23)20-21-18(25)19-16(22)11-14-8-3-2-4-9-14/h2-10H,11-12H2,1H3,(H,20,23)(H2,19,21,22,25). The molecule has 7 heteroatoms. The molecule has 0 heterocycles. The lowest BCUT2D eigenvalue weighted by molar-refractivity contribution is -0.124. The molecule has 0 atom stereocenters. The zero-order valence-corrected chi connectivity index (χ0v) is 14.6. The van der Waals surface area contributed by atoms with Crippen molar-refractivity contribution in [3.8, 4) is 5.75 Å². The van der Waals surface area contributed by atoms with Crippen LogP contribution in [-0.2, 0) is 16.0 Å². The second-order valence-corrected chi connectivity index (χ2v) is 5.68. The maximum Gasteiger partial charge on any atom is 0.276 e. The highest BCUT2D eigenvalue weighted by Gasteiger charge is 2.08. The van der Waals surface area contributed by atoms with E-state index in [9.17, 15) is 9.59 Å². The van der Waals surface area contributed by atoms with E-state index in [1.807, 2.05) is 55.5 Å². The zero-order valence-electron chi connectivity index (χ0n) is 13.7. The van der Waals surface area contributed by atoms with E-state index in [1.165, 1.54) is 0 Å². The number of carbonyl (C=O) groups is 2. The van der Waals surface area contributed by atoms with Crippen molar-refractivity contribution in [1.29, 1.82) is 0 Å². The van der Waals surface area contributed by atoms with E-state index in [1.54, 1.807) is 6.07 Å². The Kier molecular flexibility index (Phi) is 6.91. The number of hydrazine groups is 1. The number of hydrogen-bond acceptors (Lipinski definition) is 4. The fraction of sp³-hybridized carbons (Fsp3) is 0.167. The monoisotopic (exact) mass is 357 g/mol. The quantitative estimate of drug-likeness (QED) is 0.560. The Morgan fingerprint density at radius 1 is 0.960 bits per heavy atom. The average Bonchev–Trinajstić information content (AvgIpc) is 2.60. The predicted octanol–water partition coefficient (Wildman–Crippen LogP) is 1.64. The molecule has 0 fully saturated rings. The summed E-state index contributed by atoms with van der Waals surface area (Å²) in [4.78, 5) is 23.6. The lowest BCUT2D eigenvalue weighted by Gasteiger charge is -2.12. The van der Waals surface area contributed by atoms with Gasteiger partial charge in [0.2, 0.25) is 5.91 Å². The third kappa shape index (κ3) is 6.60. The number of ether oxygens (including phenoxy) is 1. The molecule has 0 aliphatic heterocycles. The van der Waals surface area contributed by atoms with Gasteiger partial charge >= 0.3 is 0 Å². The molecule has 0 saturated carbocycles. The molecule has 2 rings (SSSR count). The SMILES string of the molecule is Cc1ccccc1OCC(=O)NNC(=S)NC(=O)Cc1ccccc1. The van der Waals surface area contributed by atoms with Crippen LogP contribution < -0.4 is 20.9 Å². The highest BCUT2D eigenvalue weighted by molar-refractivity contribution is 7.80. The molecule has 130 valence electrons. The van der Waals surface area contributed by atoms with Gasteiger partial charge in [0, 0.05) is 0 Å². The van der Waals surface area contributed by atoms with Crippen LogP contribution >= 0.6 is 12.2 Å². The first kappa shape index (κ1) is 18.4. The summed E-state index contributed by atoms with van der Waals surface area (Å²) < 4.78 is 5.41. The number of aryl methyl sites for hydroxylation is 1. The number of para-hydroxylation sites is 1. The molecule has 0 bridgehead atoms. The van der Waals surface area contributed by atoms with Crippen LogP contribution in [0.4, 0.5) is 0 Å². The number of amides is 2. The van der Waals surface area contributed by atoms with E-state index in [4.69, 9.17) is 17.0 Å². The highest BCUT2D eigenvalue weighted by Crippen LogP contribution is 2.15. The van der Waals surface area contributed by atoms with Crippen molar-refractivity contribution in [2.24, 2.45) is 0 Å². The molecule has 2 amide bonds. The lowest BCUT2D eigenvalue weighted by atomic mass is 10.1. The number of carbonyl (C=O) groups excluding carboxylic acids is 2. The molecule has 0 aliphatic carbocycles. The smallest absolute Gasteiger partial charge is 0.276 e. The van der Waals surface area contributed by atoms with Gasteiger partial charge in [-0.05, 0) is 36.3 Å². The van der Waals surface area contributed by atoms with Crippen LogP contribution in [0, 0.1) is 6.92 Å². The number of thiocarbonyl (C=S) groups is 1. The topological polar surface area (TPSA) is 79.5 Å². The van der Waals surface area contributed by atoms with Crippen molar-refractivity contribution in [3.05, 3.63) is 65.7 Å². The molecule has 0 radical (unpaired) electrons. The van der Waals surface area contributed by atoms with Crippen molar-refractivity contribution < 1.29 is 14.3 Å². The fourth-order valence-electron chi connectivity index (χ4n) is 2.01. The van der Waals surface area contributed by atoms with Crippen molar-refractivity contribution >= 4 is 29.1 Å². The predicted molar refractivity (Wildman–Crippen MR) is 98.8 cm³/mol. The Morgan fingerprint density at radius 3 is 2.36 bits per heavy atom. The van der Waals surface area contributed by atoms with Crippen LogP contribution in [0.1, 0.15) is 11.1 Å². The van der Waals surface area contributed by atoms with Crippen LogP contribution in [0.25, 0.3) is 0 Å². The van der Waals surface area contributed by atoms with Gasteiger partial charge in [-0.25, -0.2) is 0 Å². The molecule has 0 aromatic heterocycles. The van der Waals surface area contributed by atoms with Gasteiger partial charge in [-0.15, -0.1) is 0 Å². The van der Waals surface area contributed by atoms with Gasteiger partial charge in [-0.2, -0.15) is 0 Å². The highest BCUT2D eigenvalue weighted by atomic mass is 32.1. The molecule has 0 aliphatic rings. The summed E-state index contributed by atoms with van der Waals surface area (Å²) in [7, 11) is 0. The van der Waals surface area contributed by atoms with Gasteiger partial charge < -0.3 is 10.1 Å². The number of benzene rings is 2. The first-order valence-corrected chi connectivity index (χ1v) is 8.06. The van der Waals surface area contributed by atoms with E-state index in [2.05, 4.69) is 16.2 Å². The van der Waals surface area contributed by atoms with Crippen LogP contribution in [-0.4, -0.2) is 23.5 Å². The number of rotatable bonds is 5. The summed E-state index contributed by atoms with van der Waals surface area (Å²) in [6.07, 6.45) is 0.201.